The first-order valence-electron chi connectivity index (χ1n) is 6.76. The maximum Gasteiger partial charge on any atom is 0.387 e. The fraction of sp³-hybridized carbons (Fsp3) is 0.538. The van der Waals surface area contributed by atoms with E-state index in [1.165, 1.54) is 4.31 Å². The van der Waals surface area contributed by atoms with Gasteiger partial charge in [0.25, 0.3) is 0 Å². The third-order valence-corrected chi connectivity index (χ3v) is 5.51. The molecule has 0 radical (unpaired) electrons. The number of sulfonamides is 1. The number of rotatable bonds is 5. The van der Waals surface area contributed by atoms with Gasteiger partial charge in [-0.3, -0.25) is 0 Å². The van der Waals surface area contributed by atoms with E-state index >= 15 is 0 Å². The summed E-state index contributed by atoms with van der Waals surface area (Å²) in [5.41, 5.74) is 0. The lowest BCUT2D eigenvalue weighted by Crippen LogP contribution is -2.43. The number of ether oxygens (including phenoxy) is 1. The predicted molar refractivity (Wildman–Crippen MR) is 73.9 cm³/mol. The van der Waals surface area contributed by atoms with Gasteiger partial charge in [-0.05, 0) is 38.1 Å². The number of alkyl halides is 2. The van der Waals surface area contributed by atoms with Crippen LogP contribution in [0, 0.1) is 5.82 Å². The lowest BCUT2D eigenvalue weighted by atomic mass is 10.1. The third-order valence-electron chi connectivity index (χ3n) is 3.62. The molecule has 2 rings (SSSR count). The van der Waals surface area contributed by atoms with Crippen LogP contribution < -0.4 is 10.1 Å². The van der Waals surface area contributed by atoms with Crippen LogP contribution in [0.4, 0.5) is 13.2 Å². The highest BCUT2D eigenvalue weighted by Gasteiger charge is 2.29. The van der Waals surface area contributed by atoms with E-state index < -0.39 is 28.2 Å². The van der Waals surface area contributed by atoms with Crippen LogP contribution in [0.1, 0.15) is 12.8 Å². The zero-order valence-corrected chi connectivity index (χ0v) is 12.7. The number of nitrogens with zero attached hydrogens (tertiary/aromatic N) is 1. The Morgan fingerprint density at radius 1 is 1.32 bits per heavy atom. The quantitative estimate of drug-likeness (QED) is 0.889. The van der Waals surface area contributed by atoms with Crippen LogP contribution in [-0.4, -0.2) is 45.5 Å². The van der Waals surface area contributed by atoms with Gasteiger partial charge in [0.2, 0.25) is 10.0 Å². The van der Waals surface area contributed by atoms with Crippen molar-refractivity contribution in [2.24, 2.45) is 0 Å². The van der Waals surface area contributed by atoms with Crippen molar-refractivity contribution in [3.05, 3.63) is 24.0 Å². The van der Waals surface area contributed by atoms with Crippen molar-refractivity contribution in [1.29, 1.82) is 0 Å². The molecule has 1 aromatic carbocycles. The van der Waals surface area contributed by atoms with Crippen molar-refractivity contribution in [2.75, 3.05) is 20.1 Å². The molecule has 1 heterocycles. The second-order valence-electron chi connectivity index (χ2n) is 4.94. The van der Waals surface area contributed by atoms with Crippen molar-refractivity contribution >= 4 is 10.0 Å². The van der Waals surface area contributed by atoms with Crippen molar-refractivity contribution in [3.8, 4) is 5.75 Å². The van der Waals surface area contributed by atoms with Gasteiger partial charge in [0, 0.05) is 19.1 Å². The number of nitrogens with one attached hydrogen (secondary N) is 1. The Bertz CT molecular complexity index is 617. The molecular formula is C13H17F3N2O3S. The second-order valence-corrected chi connectivity index (χ2v) is 6.88. The Hall–Kier alpha value is -1.32. The number of benzene rings is 1. The molecular weight excluding hydrogens is 321 g/mol. The van der Waals surface area contributed by atoms with Gasteiger partial charge in [0.1, 0.15) is 0 Å². The van der Waals surface area contributed by atoms with Gasteiger partial charge >= 0.3 is 6.61 Å². The van der Waals surface area contributed by atoms with E-state index in [4.69, 9.17) is 0 Å². The van der Waals surface area contributed by atoms with Gasteiger partial charge in [-0.1, -0.05) is 0 Å². The Balaban J connectivity index is 2.18. The SMILES string of the molecule is CNC1CCN(S(=O)(=O)c2ccc(OC(F)F)c(F)c2)CC1. The summed E-state index contributed by atoms with van der Waals surface area (Å²) in [7, 11) is -2.03. The van der Waals surface area contributed by atoms with Crippen molar-refractivity contribution in [3.63, 3.8) is 0 Å². The highest BCUT2D eigenvalue weighted by atomic mass is 32.2. The summed E-state index contributed by atoms with van der Waals surface area (Å²) in [6.07, 6.45) is 1.32. The molecule has 5 nitrogen and oxygen atoms in total. The molecule has 1 N–H and O–H groups in total. The average molecular weight is 338 g/mol. The molecule has 22 heavy (non-hydrogen) atoms. The molecule has 0 aromatic heterocycles. The number of hydrogen-bond donors (Lipinski definition) is 1. The van der Waals surface area contributed by atoms with E-state index in [1.807, 2.05) is 7.05 Å². The van der Waals surface area contributed by atoms with E-state index in [2.05, 4.69) is 10.1 Å². The van der Waals surface area contributed by atoms with E-state index in [-0.39, 0.29) is 10.9 Å². The van der Waals surface area contributed by atoms with Gasteiger partial charge < -0.3 is 10.1 Å². The van der Waals surface area contributed by atoms with Crippen LogP contribution in [0.25, 0.3) is 0 Å². The average Bonchev–Trinajstić information content (AvgIpc) is 2.49. The molecule has 1 saturated heterocycles. The van der Waals surface area contributed by atoms with Crippen LogP contribution in [-0.2, 0) is 10.0 Å². The van der Waals surface area contributed by atoms with E-state index in [0.29, 0.717) is 32.0 Å². The molecule has 0 atom stereocenters. The summed E-state index contributed by atoms with van der Waals surface area (Å²) in [5, 5.41) is 3.08. The minimum absolute atomic E-state index is 0.255. The molecule has 0 unspecified atom stereocenters. The normalized spacial score (nSPS) is 17.9. The van der Waals surface area contributed by atoms with E-state index in [1.54, 1.807) is 0 Å². The lowest BCUT2D eigenvalue weighted by molar-refractivity contribution is -0.0522. The zero-order valence-electron chi connectivity index (χ0n) is 11.9. The minimum Gasteiger partial charge on any atom is -0.432 e. The lowest BCUT2D eigenvalue weighted by Gasteiger charge is -2.31. The summed E-state index contributed by atoms with van der Waals surface area (Å²) in [4.78, 5) is -0.269. The topological polar surface area (TPSA) is 58.6 Å². The number of halogens is 3. The number of piperidine rings is 1. The maximum absolute atomic E-state index is 13.7. The van der Waals surface area contributed by atoms with Crippen molar-refractivity contribution < 1.29 is 26.3 Å². The van der Waals surface area contributed by atoms with Gasteiger partial charge in [-0.25, -0.2) is 12.8 Å². The van der Waals surface area contributed by atoms with Crippen molar-refractivity contribution in [2.45, 2.75) is 30.4 Å². The Morgan fingerprint density at radius 3 is 2.45 bits per heavy atom. The Labute approximate surface area is 127 Å². The molecule has 0 amide bonds. The summed E-state index contributed by atoms with van der Waals surface area (Å²) >= 11 is 0. The number of hydrogen-bond acceptors (Lipinski definition) is 4. The highest BCUT2D eigenvalue weighted by Crippen LogP contribution is 2.26. The molecule has 1 aliphatic rings. The standard InChI is InChI=1S/C13H17F3N2O3S/c1-17-9-4-6-18(7-5-9)22(19,20)10-2-3-12(11(14)8-10)21-13(15)16/h2-3,8-9,13,17H,4-7H2,1H3. The smallest absolute Gasteiger partial charge is 0.387 e. The monoisotopic (exact) mass is 338 g/mol. The second kappa shape index (κ2) is 6.84. The molecule has 1 aliphatic heterocycles. The molecule has 1 fully saturated rings. The van der Waals surface area contributed by atoms with Gasteiger partial charge in [-0.2, -0.15) is 13.1 Å². The first kappa shape index (κ1) is 17.0. The molecule has 0 saturated carbocycles. The first-order chi connectivity index (χ1) is 10.3. The molecule has 0 aliphatic carbocycles. The van der Waals surface area contributed by atoms with Crippen LogP contribution in [0.15, 0.2) is 23.1 Å². The summed E-state index contributed by atoms with van der Waals surface area (Å²) < 4.78 is 67.9. The Kier molecular flexibility index (Phi) is 5.30. The largest absolute Gasteiger partial charge is 0.432 e. The predicted octanol–water partition coefficient (Wildman–Crippen LogP) is 1.80. The van der Waals surface area contributed by atoms with Crippen LogP contribution in [0.5, 0.6) is 5.75 Å². The molecule has 0 spiro atoms. The van der Waals surface area contributed by atoms with E-state index in [9.17, 15) is 21.6 Å². The Morgan fingerprint density at radius 2 is 1.95 bits per heavy atom. The molecule has 124 valence electrons. The fourth-order valence-electron chi connectivity index (χ4n) is 2.37. The summed E-state index contributed by atoms with van der Waals surface area (Å²) in [5.74, 6) is -1.81. The summed E-state index contributed by atoms with van der Waals surface area (Å²) in [6.45, 7) is -2.52. The van der Waals surface area contributed by atoms with E-state index in [0.717, 1.165) is 12.1 Å². The van der Waals surface area contributed by atoms with Gasteiger partial charge in [0.05, 0.1) is 4.90 Å². The first-order valence-corrected chi connectivity index (χ1v) is 8.20. The fourth-order valence-corrected chi connectivity index (χ4v) is 3.85. The molecule has 0 bridgehead atoms. The van der Waals surface area contributed by atoms with Gasteiger partial charge in [0.15, 0.2) is 11.6 Å². The highest BCUT2D eigenvalue weighted by molar-refractivity contribution is 7.89. The zero-order chi connectivity index (χ0) is 16.3. The third kappa shape index (κ3) is 3.71. The summed E-state index contributed by atoms with van der Waals surface area (Å²) in [6, 6.07) is 2.93. The van der Waals surface area contributed by atoms with Crippen LogP contribution >= 0.6 is 0 Å². The maximum atomic E-state index is 13.7. The molecule has 1 aromatic rings. The molecule has 9 heteroatoms. The van der Waals surface area contributed by atoms with Crippen molar-refractivity contribution in [1.82, 2.24) is 9.62 Å². The van der Waals surface area contributed by atoms with Gasteiger partial charge in [-0.15, -0.1) is 0 Å². The van der Waals surface area contributed by atoms with Crippen LogP contribution in [0.3, 0.4) is 0 Å². The minimum atomic E-state index is -3.84. The van der Waals surface area contributed by atoms with Crippen LogP contribution in [0.2, 0.25) is 0 Å².